The van der Waals surface area contributed by atoms with Crippen LogP contribution in [0.25, 0.3) is 0 Å². The van der Waals surface area contributed by atoms with Gasteiger partial charge in [0.05, 0.1) is 5.54 Å². The van der Waals surface area contributed by atoms with Gasteiger partial charge in [-0.3, -0.25) is 4.79 Å². The van der Waals surface area contributed by atoms with E-state index in [1.807, 2.05) is 18.7 Å². The molecule has 0 saturated carbocycles. The lowest BCUT2D eigenvalue weighted by Gasteiger charge is -2.44. The summed E-state index contributed by atoms with van der Waals surface area (Å²) in [5, 5.41) is 2.55. The fourth-order valence-electron chi connectivity index (χ4n) is 3.18. The lowest BCUT2D eigenvalue weighted by atomic mass is 9.82. The Bertz CT molecular complexity index is 645. The predicted molar refractivity (Wildman–Crippen MR) is 93.9 cm³/mol. The molecule has 0 fully saturated rings. The minimum atomic E-state index is -0.575. The summed E-state index contributed by atoms with van der Waals surface area (Å²) in [4.78, 5) is 26.2. The van der Waals surface area contributed by atoms with Crippen molar-refractivity contribution < 1.29 is 14.3 Å². The van der Waals surface area contributed by atoms with Crippen LogP contribution in [-0.4, -0.2) is 35.6 Å². The lowest BCUT2D eigenvalue weighted by molar-refractivity contribution is -0.136. The standard InChI is InChI=1S/C19H28N2O3/c1-13-7-8-15-14(11-13)9-10-21(19(15,5)6)16(22)12-20-17(23)24-18(2,3)4/h7-8,11H,9-10,12H2,1-6H3,(H,20,23). The van der Waals surface area contributed by atoms with Crippen molar-refractivity contribution in [3.8, 4) is 0 Å². The van der Waals surface area contributed by atoms with E-state index in [9.17, 15) is 9.59 Å². The van der Waals surface area contributed by atoms with Gasteiger partial charge in [0.15, 0.2) is 0 Å². The second kappa shape index (κ2) is 6.46. The first-order chi connectivity index (χ1) is 11.0. The maximum absolute atomic E-state index is 12.6. The molecule has 0 aromatic heterocycles. The Balaban J connectivity index is 2.06. The maximum atomic E-state index is 12.6. The molecule has 1 aromatic carbocycles. The Kier molecular flexibility index (Phi) is 4.92. The number of alkyl carbamates (subject to hydrolysis) is 1. The average molecular weight is 332 g/mol. The van der Waals surface area contributed by atoms with Gasteiger partial charge in [-0.1, -0.05) is 23.8 Å². The third-order valence-corrected chi connectivity index (χ3v) is 4.28. The van der Waals surface area contributed by atoms with E-state index >= 15 is 0 Å². The van der Waals surface area contributed by atoms with Gasteiger partial charge in [0, 0.05) is 6.54 Å². The van der Waals surface area contributed by atoms with Crippen LogP contribution in [0, 0.1) is 6.92 Å². The molecule has 5 heteroatoms. The molecular formula is C19H28N2O3. The monoisotopic (exact) mass is 332 g/mol. The molecule has 0 aliphatic carbocycles. The number of carbonyl (C=O) groups is 2. The Morgan fingerprint density at radius 3 is 2.58 bits per heavy atom. The van der Waals surface area contributed by atoms with Gasteiger partial charge in [-0.2, -0.15) is 0 Å². The topological polar surface area (TPSA) is 58.6 Å². The maximum Gasteiger partial charge on any atom is 0.408 e. The molecule has 0 bridgehead atoms. The molecule has 1 aromatic rings. The molecule has 1 heterocycles. The van der Waals surface area contributed by atoms with Crippen LogP contribution in [0.15, 0.2) is 18.2 Å². The normalized spacial score (nSPS) is 16.3. The van der Waals surface area contributed by atoms with E-state index in [1.165, 1.54) is 16.7 Å². The van der Waals surface area contributed by atoms with Crippen molar-refractivity contribution in [2.45, 2.75) is 59.1 Å². The second-order valence-electron chi connectivity index (χ2n) is 7.87. The fourth-order valence-corrected chi connectivity index (χ4v) is 3.18. The first-order valence-electron chi connectivity index (χ1n) is 8.38. The number of fused-ring (bicyclic) bond motifs is 1. The van der Waals surface area contributed by atoms with Crippen molar-refractivity contribution in [3.63, 3.8) is 0 Å². The summed E-state index contributed by atoms with van der Waals surface area (Å²) >= 11 is 0. The van der Waals surface area contributed by atoms with Gasteiger partial charge in [-0.15, -0.1) is 0 Å². The zero-order valence-corrected chi connectivity index (χ0v) is 15.5. The number of nitrogens with zero attached hydrogens (tertiary/aromatic N) is 1. The molecule has 2 amide bonds. The summed E-state index contributed by atoms with van der Waals surface area (Å²) in [5.74, 6) is -0.0999. The minimum Gasteiger partial charge on any atom is -0.444 e. The molecule has 0 spiro atoms. The number of amides is 2. The summed E-state index contributed by atoms with van der Waals surface area (Å²) in [6, 6.07) is 6.37. The number of carbonyl (C=O) groups excluding carboxylic acids is 2. The van der Waals surface area contributed by atoms with Gasteiger partial charge in [-0.05, 0) is 59.1 Å². The summed E-state index contributed by atoms with van der Waals surface area (Å²) in [7, 11) is 0. The number of benzene rings is 1. The minimum absolute atomic E-state index is 0.0560. The van der Waals surface area contributed by atoms with Crippen LogP contribution >= 0.6 is 0 Å². The number of ether oxygens (including phenoxy) is 1. The van der Waals surface area contributed by atoms with Crippen molar-refractivity contribution >= 4 is 12.0 Å². The molecule has 24 heavy (non-hydrogen) atoms. The molecule has 1 aliphatic heterocycles. The van der Waals surface area contributed by atoms with E-state index in [0.717, 1.165) is 6.42 Å². The van der Waals surface area contributed by atoms with Crippen LogP contribution in [0.1, 0.15) is 51.3 Å². The van der Waals surface area contributed by atoms with Gasteiger partial charge >= 0.3 is 6.09 Å². The molecule has 5 nitrogen and oxygen atoms in total. The summed E-state index contributed by atoms with van der Waals surface area (Å²) in [5.41, 5.74) is 2.73. The number of aryl methyl sites for hydroxylation is 1. The summed E-state index contributed by atoms with van der Waals surface area (Å²) < 4.78 is 5.18. The average Bonchev–Trinajstić information content (AvgIpc) is 2.42. The number of rotatable bonds is 2. The highest BCUT2D eigenvalue weighted by atomic mass is 16.6. The van der Waals surface area contributed by atoms with Gasteiger partial charge in [-0.25, -0.2) is 4.79 Å². The van der Waals surface area contributed by atoms with Crippen LogP contribution in [0.4, 0.5) is 4.79 Å². The summed E-state index contributed by atoms with van der Waals surface area (Å²) in [6.07, 6.45) is 0.264. The molecule has 2 rings (SSSR count). The smallest absolute Gasteiger partial charge is 0.408 e. The van der Waals surface area contributed by atoms with Crippen molar-refractivity contribution in [1.82, 2.24) is 10.2 Å². The van der Waals surface area contributed by atoms with Crippen LogP contribution in [-0.2, 0) is 21.5 Å². The van der Waals surface area contributed by atoms with E-state index in [4.69, 9.17) is 4.74 Å². The molecule has 1 N–H and O–H groups in total. The van der Waals surface area contributed by atoms with Crippen molar-refractivity contribution in [1.29, 1.82) is 0 Å². The van der Waals surface area contributed by atoms with Gasteiger partial charge in [0.1, 0.15) is 12.1 Å². The third-order valence-electron chi connectivity index (χ3n) is 4.28. The van der Waals surface area contributed by atoms with Gasteiger partial charge in [0.25, 0.3) is 0 Å². The Morgan fingerprint density at radius 1 is 1.29 bits per heavy atom. The first-order valence-corrected chi connectivity index (χ1v) is 8.38. The molecule has 0 unspecified atom stereocenters. The van der Waals surface area contributed by atoms with Crippen LogP contribution < -0.4 is 5.32 Å². The number of hydrogen-bond donors (Lipinski definition) is 1. The lowest BCUT2D eigenvalue weighted by Crippen LogP contribution is -2.53. The SMILES string of the molecule is Cc1ccc2c(c1)CCN(C(=O)CNC(=O)OC(C)(C)C)C2(C)C. The number of nitrogens with one attached hydrogen (secondary N) is 1. The Hall–Kier alpha value is -2.04. The highest BCUT2D eigenvalue weighted by molar-refractivity contribution is 5.83. The molecular weight excluding hydrogens is 304 g/mol. The summed E-state index contributed by atoms with van der Waals surface area (Å²) in [6.45, 7) is 12.1. The van der Waals surface area contributed by atoms with Gasteiger partial charge in [0.2, 0.25) is 5.91 Å². The van der Waals surface area contributed by atoms with Crippen LogP contribution in [0.2, 0.25) is 0 Å². The molecule has 0 radical (unpaired) electrons. The highest BCUT2D eigenvalue weighted by Crippen LogP contribution is 2.35. The molecule has 0 saturated heterocycles. The first kappa shape index (κ1) is 18.3. The van der Waals surface area contributed by atoms with Crippen molar-refractivity contribution in [2.24, 2.45) is 0 Å². The Labute approximate surface area is 144 Å². The third kappa shape index (κ3) is 4.08. The van der Waals surface area contributed by atoms with E-state index in [-0.39, 0.29) is 12.5 Å². The predicted octanol–water partition coefficient (Wildman–Crippen LogP) is 3.14. The van der Waals surface area contributed by atoms with E-state index in [1.54, 1.807) is 20.8 Å². The molecule has 0 atom stereocenters. The molecule has 1 aliphatic rings. The van der Waals surface area contributed by atoms with E-state index < -0.39 is 17.2 Å². The zero-order chi connectivity index (χ0) is 18.1. The fraction of sp³-hybridized carbons (Fsp3) is 0.579. The molecule has 132 valence electrons. The van der Waals surface area contributed by atoms with E-state index in [2.05, 4.69) is 30.4 Å². The van der Waals surface area contributed by atoms with Crippen LogP contribution in [0.5, 0.6) is 0 Å². The second-order valence-corrected chi connectivity index (χ2v) is 7.87. The largest absolute Gasteiger partial charge is 0.444 e. The van der Waals surface area contributed by atoms with Gasteiger partial charge < -0.3 is 15.0 Å². The Morgan fingerprint density at radius 2 is 1.96 bits per heavy atom. The van der Waals surface area contributed by atoms with Crippen LogP contribution in [0.3, 0.4) is 0 Å². The zero-order valence-electron chi connectivity index (χ0n) is 15.5. The number of hydrogen-bond acceptors (Lipinski definition) is 3. The van der Waals surface area contributed by atoms with Crippen molar-refractivity contribution in [3.05, 3.63) is 34.9 Å². The highest BCUT2D eigenvalue weighted by Gasteiger charge is 2.37. The van der Waals surface area contributed by atoms with Crippen molar-refractivity contribution in [2.75, 3.05) is 13.1 Å². The van der Waals surface area contributed by atoms with E-state index in [0.29, 0.717) is 6.54 Å². The quantitative estimate of drug-likeness (QED) is 0.905.